The highest BCUT2D eigenvalue weighted by atomic mass is 35.5. The maximum Gasteiger partial charge on any atom is 0.211 e. The van der Waals surface area contributed by atoms with Crippen LogP contribution in [0.3, 0.4) is 0 Å². The van der Waals surface area contributed by atoms with E-state index in [-0.39, 0.29) is 18.4 Å². The number of hydrogen-bond donors (Lipinski definition) is 2. The zero-order chi connectivity index (χ0) is 11.3. The Morgan fingerprint density at radius 2 is 1.75 bits per heavy atom. The molecule has 0 aliphatic heterocycles. The van der Waals surface area contributed by atoms with Crippen molar-refractivity contribution >= 4 is 30.3 Å². The highest BCUT2D eigenvalue weighted by molar-refractivity contribution is 5.85. The number of nitrogens with two attached hydrogens (primary N) is 2. The molecule has 1 aromatic carbocycles. The fourth-order valence-corrected chi connectivity index (χ4v) is 1.02. The molecule has 0 saturated heterocycles. The van der Waals surface area contributed by atoms with Gasteiger partial charge >= 0.3 is 0 Å². The molecule has 88 valence electrons. The summed E-state index contributed by atoms with van der Waals surface area (Å²) in [5, 5.41) is 7.22. The first kappa shape index (κ1) is 14.2. The molecule has 1 aromatic rings. The second kappa shape index (κ2) is 6.68. The average molecular weight is 242 g/mol. The minimum Gasteiger partial charge on any atom is -0.378 e. The van der Waals surface area contributed by atoms with Crippen molar-refractivity contribution in [3.63, 3.8) is 0 Å². The van der Waals surface area contributed by atoms with Crippen LogP contribution >= 0.6 is 12.4 Å². The van der Waals surface area contributed by atoms with Gasteiger partial charge in [-0.05, 0) is 17.7 Å². The lowest BCUT2D eigenvalue weighted by Crippen LogP contribution is -2.21. The Hall–Kier alpha value is -1.75. The van der Waals surface area contributed by atoms with E-state index in [4.69, 9.17) is 11.5 Å². The first-order valence-corrected chi connectivity index (χ1v) is 4.49. The van der Waals surface area contributed by atoms with Gasteiger partial charge < -0.3 is 16.4 Å². The molecule has 0 aliphatic rings. The van der Waals surface area contributed by atoms with Gasteiger partial charge in [-0.1, -0.05) is 12.1 Å². The van der Waals surface area contributed by atoms with E-state index in [2.05, 4.69) is 10.2 Å². The van der Waals surface area contributed by atoms with Crippen LogP contribution in [0.2, 0.25) is 0 Å². The van der Waals surface area contributed by atoms with Crippen LogP contribution in [0, 0.1) is 0 Å². The fourth-order valence-electron chi connectivity index (χ4n) is 1.02. The molecule has 0 atom stereocenters. The van der Waals surface area contributed by atoms with E-state index in [0.717, 1.165) is 11.3 Å². The van der Waals surface area contributed by atoms with E-state index in [1.807, 2.05) is 43.3 Å². The van der Waals surface area contributed by atoms with E-state index in [1.54, 1.807) is 6.21 Å². The van der Waals surface area contributed by atoms with Gasteiger partial charge in [0.15, 0.2) is 0 Å². The highest BCUT2D eigenvalue weighted by Crippen LogP contribution is 2.10. The predicted octanol–water partition coefficient (Wildman–Crippen LogP) is 0.782. The second-order valence-corrected chi connectivity index (χ2v) is 3.26. The summed E-state index contributed by atoms with van der Waals surface area (Å²) in [6, 6.07) is 7.88. The van der Waals surface area contributed by atoms with Crippen molar-refractivity contribution in [1.29, 1.82) is 0 Å². The molecule has 0 bridgehead atoms. The summed E-state index contributed by atoms with van der Waals surface area (Å²) in [5.41, 5.74) is 12.3. The van der Waals surface area contributed by atoms with Gasteiger partial charge in [-0.15, -0.1) is 17.5 Å². The standard InChI is InChI=1S/C10H15N5.ClH/c1-15(2)9-5-3-8(4-6-9)7-13-14-10(11)12;/h3-7H,1-2H3,(H4,11,12,14);1H/b13-7+;. The monoisotopic (exact) mass is 241 g/mol. The minimum atomic E-state index is -0.0452. The van der Waals surface area contributed by atoms with E-state index in [0.29, 0.717) is 0 Å². The van der Waals surface area contributed by atoms with Gasteiger partial charge in [-0.3, -0.25) is 0 Å². The van der Waals surface area contributed by atoms with Crippen LogP contribution in [0.5, 0.6) is 0 Å². The fraction of sp³-hybridized carbons (Fsp3) is 0.200. The zero-order valence-corrected chi connectivity index (χ0v) is 10.1. The molecule has 0 amide bonds. The third kappa shape index (κ3) is 4.65. The molecule has 0 aromatic heterocycles. The zero-order valence-electron chi connectivity index (χ0n) is 9.29. The van der Waals surface area contributed by atoms with Crippen LogP contribution in [0.25, 0.3) is 0 Å². The van der Waals surface area contributed by atoms with E-state index < -0.39 is 0 Å². The Kier molecular flexibility index (Phi) is 5.95. The Bertz CT molecular complexity index is 365. The van der Waals surface area contributed by atoms with Crippen molar-refractivity contribution < 1.29 is 0 Å². The maximum absolute atomic E-state index is 5.13. The number of benzene rings is 1. The molecule has 0 unspecified atom stereocenters. The number of nitrogens with zero attached hydrogens (tertiary/aromatic N) is 3. The van der Waals surface area contributed by atoms with Gasteiger partial charge in [0.05, 0.1) is 6.21 Å². The lowest BCUT2D eigenvalue weighted by Gasteiger charge is -2.11. The van der Waals surface area contributed by atoms with Crippen molar-refractivity contribution in [3.8, 4) is 0 Å². The van der Waals surface area contributed by atoms with Gasteiger partial charge in [0.1, 0.15) is 0 Å². The molecular weight excluding hydrogens is 226 g/mol. The maximum atomic E-state index is 5.13. The molecule has 6 heteroatoms. The number of guanidine groups is 1. The number of anilines is 1. The van der Waals surface area contributed by atoms with E-state index >= 15 is 0 Å². The quantitative estimate of drug-likeness (QED) is 0.466. The summed E-state index contributed by atoms with van der Waals surface area (Å²) in [6.45, 7) is 0. The lowest BCUT2D eigenvalue weighted by molar-refractivity contribution is 1.13. The Labute approximate surface area is 101 Å². The van der Waals surface area contributed by atoms with Crippen LogP contribution in [0.15, 0.2) is 34.5 Å². The van der Waals surface area contributed by atoms with E-state index in [9.17, 15) is 0 Å². The molecule has 0 fully saturated rings. The molecule has 0 heterocycles. The summed E-state index contributed by atoms with van der Waals surface area (Å²) < 4.78 is 0. The molecule has 0 spiro atoms. The average Bonchev–Trinajstić information content (AvgIpc) is 2.18. The van der Waals surface area contributed by atoms with Crippen molar-refractivity contribution in [1.82, 2.24) is 0 Å². The van der Waals surface area contributed by atoms with Crippen molar-refractivity contribution in [2.24, 2.45) is 21.7 Å². The smallest absolute Gasteiger partial charge is 0.211 e. The Balaban J connectivity index is 0.00000225. The molecule has 16 heavy (non-hydrogen) atoms. The summed E-state index contributed by atoms with van der Waals surface area (Å²) in [7, 11) is 3.98. The molecule has 0 radical (unpaired) electrons. The predicted molar refractivity (Wildman–Crippen MR) is 71.4 cm³/mol. The molecular formula is C10H16ClN5. The third-order valence-electron chi connectivity index (χ3n) is 1.79. The normalized spacial score (nSPS) is 9.62. The molecule has 0 saturated carbocycles. The number of hydrogen-bond acceptors (Lipinski definition) is 3. The summed E-state index contributed by atoms with van der Waals surface area (Å²) >= 11 is 0. The summed E-state index contributed by atoms with van der Waals surface area (Å²) in [4.78, 5) is 2.02. The number of halogens is 1. The topological polar surface area (TPSA) is 80.0 Å². The van der Waals surface area contributed by atoms with Crippen LogP contribution < -0.4 is 16.4 Å². The van der Waals surface area contributed by atoms with Crippen molar-refractivity contribution in [2.45, 2.75) is 0 Å². The van der Waals surface area contributed by atoms with Gasteiger partial charge in [-0.25, -0.2) is 0 Å². The molecule has 1 rings (SSSR count). The van der Waals surface area contributed by atoms with Crippen LogP contribution in [0.4, 0.5) is 5.69 Å². The van der Waals surface area contributed by atoms with Gasteiger partial charge in [0, 0.05) is 19.8 Å². The van der Waals surface area contributed by atoms with Crippen LogP contribution in [-0.4, -0.2) is 26.3 Å². The summed E-state index contributed by atoms with van der Waals surface area (Å²) in [5.74, 6) is -0.0452. The van der Waals surface area contributed by atoms with Crippen LogP contribution in [0.1, 0.15) is 5.56 Å². The van der Waals surface area contributed by atoms with Gasteiger partial charge in [-0.2, -0.15) is 5.10 Å². The third-order valence-corrected chi connectivity index (χ3v) is 1.79. The highest BCUT2D eigenvalue weighted by Gasteiger charge is 1.93. The molecule has 5 nitrogen and oxygen atoms in total. The minimum absolute atomic E-state index is 0. The van der Waals surface area contributed by atoms with Gasteiger partial charge in [0.2, 0.25) is 5.96 Å². The lowest BCUT2D eigenvalue weighted by atomic mass is 10.2. The largest absolute Gasteiger partial charge is 0.378 e. The Morgan fingerprint density at radius 1 is 1.19 bits per heavy atom. The SMILES string of the molecule is CN(C)c1ccc(/C=N/N=C(N)N)cc1.Cl. The first-order chi connectivity index (χ1) is 7.09. The second-order valence-electron chi connectivity index (χ2n) is 3.26. The molecule has 4 N–H and O–H groups in total. The molecule has 0 aliphatic carbocycles. The summed E-state index contributed by atoms with van der Waals surface area (Å²) in [6.07, 6.45) is 1.60. The van der Waals surface area contributed by atoms with Crippen molar-refractivity contribution in [3.05, 3.63) is 29.8 Å². The Morgan fingerprint density at radius 3 is 2.19 bits per heavy atom. The van der Waals surface area contributed by atoms with E-state index in [1.165, 1.54) is 0 Å². The van der Waals surface area contributed by atoms with Gasteiger partial charge in [0.25, 0.3) is 0 Å². The number of rotatable bonds is 3. The first-order valence-electron chi connectivity index (χ1n) is 4.49. The van der Waals surface area contributed by atoms with Crippen molar-refractivity contribution in [2.75, 3.05) is 19.0 Å². The van der Waals surface area contributed by atoms with Crippen LogP contribution in [-0.2, 0) is 0 Å².